The van der Waals surface area contributed by atoms with E-state index in [1.165, 1.54) is 0 Å². The van der Waals surface area contributed by atoms with Gasteiger partial charge in [0.05, 0.1) is 31.0 Å². The Bertz CT molecular complexity index is 469. The summed E-state index contributed by atoms with van der Waals surface area (Å²) >= 11 is 0.787. The second kappa shape index (κ2) is 7.21. The molecular formula is C15H20F3NO2S. The van der Waals surface area contributed by atoms with Gasteiger partial charge in [0.2, 0.25) is 0 Å². The number of aliphatic hydroxyl groups is 1. The van der Waals surface area contributed by atoms with Gasteiger partial charge in [-0.3, -0.25) is 0 Å². The van der Waals surface area contributed by atoms with E-state index in [4.69, 9.17) is 4.74 Å². The number of nitrogens with one attached hydrogen (secondary N) is 1. The van der Waals surface area contributed by atoms with Gasteiger partial charge in [0.1, 0.15) is 0 Å². The third-order valence-corrected chi connectivity index (χ3v) is 4.79. The van der Waals surface area contributed by atoms with Gasteiger partial charge < -0.3 is 15.2 Å². The molecule has 0 aromatic heterocycles. The summed E-state index contributed by atoms with van der Waals surface area (Å²) < 4.78 is 41.7. The fourth-order valence-electron chi connectivity index (χ4n) is 2.15. The van der Waals surface area contributed by atoms with Crippen molar-refractivity contribution >= 4 is 11.8 Å². The highest BCUT2D eigenvalue weighted by Gasteiger charge is 2.38. The van der Waals surface area contributed by atoms with E-state index in [1.54, 1.807) is 12.1 Å². The zero-order valence-corrected chi connectivity index (χ0v) is 13.1. The number of hydrogen-bond donors (Lipinski definition) is 2. The van der Waals surface area contributed by atoms with Crippen molar-refractivity contribution < 1.29 is 23.0 Å². The van der Waals surface area contributed by atoms with Crippen LogP contribution in [0.3, 0.4) is 0 Å². The summed E-state index contributed by atoms with van der Waals surface area (Å²) in [6, 6.07) is 7.14. The Balaban J connectivity index is 1.84. The minimum atomic E-state index is -4.15. The van der Waals surface area contributed by atoms with Crippen molar-refractivity contribution in [2.24, 2.45) is 5.41 Å². The van der Waals surface area contributed by atoms with E-state index in [0.29, 0.717) is 24.7 Å². The lowest BCUT2D eigenvalue weighted by Gasteiger charge is -2.40. The fourth-order valence-corrected chi connectivity index (χ4v) is 2.80. The SMILES string of the molecule is CC(NCC1(CO)COC1)c1ccc(SCC(F)(F)F)cc1. The predicted molar refractivity (Wildman–Crippen MR) is 80.0 cm³/mol. The molecular weight excluding hydrogens is 315 g/mol. The number of benzene rings is 1. The Morgan fingerprint density at radius 1 is 1.32 bits per heavy atom. The molecule has 1 aromatic carbocycles. The molecule has 1 saturated heterocycles. The Hall–Kier alpha value is -0.760. The van der Waals surface area contributed by atoms with Crippen LogP contribution >= 0.6 is 11.8 Å². The molecule has 0 radical (unpaired) electrons. The second-order valence-corrected chi connectivity index (χ2v) is 6.78. The summed E-state index contributed by atoms with van der Waals surface area (Å²) in [5.74, 6) is -0.876. The smallest absolute Gasteiger partial charge is 0.396 e. The molecule has 0 aliphatic carbocycles. The van der Waals surface area contributed by atoms with E-state index in [1.807, 2.05) is 19.1 Å². The fraction of sp³-hybridized carbons (Fsp3) is 0.600. The summed E-state index contributed by atoms with van der Waals surface area (Å²) in [6.45, 7) is 3.82. The average molecular weight is 335 g/mol. The number of thioether (sulfide) groups is 1. The Morgan fingerprint density at radius 3 is 2.41 bits per heavy atom. The van der Waals surface area contributed by atoms with Gasteiger partial charge in [-0.25, -0.2) is 0 Å². The minimum Gasteiger partial charge on any atom is -0.396 e. The maximum Gasteiger partial charge on any atom is 0.398 e. The first-order chi connectivity index (χ1) is 10.3. The molecule has 1 unspecified atom stereocenters. The quantitative estimate of drug-likeness (QED) is 0.752. The third-order valence-electron chi connectivity index (χ3n) is 3.72. The van der Waals surface area contributed by atoms with Crippen LogP contribution in [0.25, 0.3) is 0 Å². The molecule has 0 spiro atoms. The highest BCUT2D eigenvalue weighted by Crippen LogP contribution is 2.29. The predicted octanol–water partition coefficient (Wildman–Crippen LogP) is 3.00. The molecule has 1 fully saturated rings. The first-order valence-electron chi connectivity index (χ1n) is 7.05. The maximum absolute atomic E-state index is 12.2. The number of ether oxygens (including phenoxy) is 1. The molecule has 22 heavy (non-hydrogen) atoms. The van der Waals surface area contributed by atoms with Crippen molar-refractivity contribution in [1.82, 2.24) is 5.32 Å². The van der Waals surface area contributed by atoms with Gasteiger partial charge in [-0.1, -0.05) is 12.1 Å². The van der Waals surface area contributed by atoms with Crippen LogP contribution in [0.2, 0.25) is 0 Å². The highest BCUT2D eigenvalue weighted by atomic mass is 32.2. The number of alkyl halides is 3. The van der Waals surface area contributed by atoms with Crippen LogP contribution in [0.15, 0.2) is 29.2 Å². The second-order valence-electron chi connectivity index (χ2n) is 5.73. The molecule has 2 rings (SSSR count). The average Bonchev–Trinajstić information content (AvgIpc) is 2.44. The summed E-state index contributed by atoms with van der Waals surface area (Å²) in [6.07, 6.45) is -4.15. The van der Waals surface area contributed by atoms with E-state index in [2.05, 4.69) is 5.32 Å². The topological polar surface area (TPSA) is 41.5 Å². The van der Waals surface area contributed by atoms with Gasteiger partial charge >= 0.3 is 6.18 Å². The van der Waals surface area contributed by atoms with Crippen molar-refractivity contribution in [2.45, 2.75) is 24.0 Å². The summed E-state index contributed by atoms with van der Waals surface area (Å²) in [4.78, 5) is 0.604. The largest absolute Gasteiger partial charge is 0.398 e. The standard InChI is InChI=1S/C15H20F3NO2S/c1-11(19-6-14(7-20)8-21-9-14)12-2-4-13(5-3-12)22-10-15(16,17)18/h2-5,11,19-20H,6-10H2,1H3. The third kappa shape index (κ3) is 4.87. The summed E-state index contributed by atoms with van der Waals surface area (Å²) in [5, 5.41) is 12.7. The molecule has 7 heteroatoms. The molecule has 3 nitrogen and oxygen atoms in total. The van der Waals surface area contributed by atoms with Crippen molar-refractivity contribution in [3.05, 3.63) is 29.8 Å². The molecule has 0 saturated carbocycles. The number of hydrogen-bond acceptors (Lipinski definition) is 4. The normalized spacial score (nSPS) is 18.8. The monoisotopic (exact) mass is 335 g/mol. The number of aliphatic hydroxyl groups excluding tert-OH is 1. The van der Waals surface area contributed by atoms with Crippen LogP contribution in [-0.4, -0.2) is 43.4 Å². The molecule has 1 aliphatic rings. The maximum atomic E-state index is 12.2. The molecule has 2 N–H and O–H groups in total. The lowest BCUT2D eigenvalue weighted by Crippen LogP contribution is -2.52. The Kier molecular flexibility index (Phi) is 5.76. The van der Waals surface area contributed by atoms with Gasteiger partial charge in [0.15, 0.2) is 0 Å². The van der Waals surface area contributed by atoms with Crippen LogP contribution in [0, 0.1) is 5.41 Å². The van der Waals surface area contributed by atoms with E-state index < -0.39 is 11.9 Å². The molecule has 1 heterocycles. The van der Waals surface area contributed by atoms with Crippen molar-refractivity contribution in [1.29, 1.82) is 0 Å². The highest BCUT2D eigenvalue weighted by molar-refractivity contribution is 7.99. The molecule has 124 valence electrons. The first kappa shape index (κ1) is 17.6. The molecule has 0 bridgehead atoms. The zero-order chi connectivity index (χ0) is 16.2. The lowest BCUT2D eigenvalue weighted by atomic mass is 9.86. The number of rotatable bonds is 7. The summed E-state index contributed by atoms with van der Waals surface area (Å²) in [5.41, 5.74) is 0.807. The molecule has 0 amide bonds. The van der Waals surface area contributed by atoms with Crippen LogP contribution < -0.4 is 5.32 Å². The van der Waals surface area contributed by atoms with E-state index in [-0.39, 0.29) is 18.1 Å². The van der Waals surface area contributed by atoms with Crippen LogP contribution in [-0.2, 0) is 4.74 Å². The van der Waals surface area contributed by atoms with Gasteiger partial charge in [-0.15, -0.1) is 11.8 Å². The van der Waals surface area contributed by atoms with Gasteiger partial charge in [-0.05, 0) is 24.6 Å². The van der Waals surface area contributed by atoms with Crippen molar-refractivity contribution in [3.63, 3.8) is 0 Å². The summed E-state index contributed by atoms with van der Waals surface area (Å²) in [7, 11) is 0. The minimum absolute atomic E-state index is 0.0608. The van der Waals surface area contributed by atoms with Crippen LogP contribution in [0.1, 0.15) is 18.5 Å². The van der Waals surface area contributed by atoms with Crippen LogP contribution in [0.5, 0.6) is 0 Å². The van der Waals surface area contributed by atoms with E-state index in [0.717, 1.165) is 17.3 Å². The Labute approximate surface area is 132 Å². The lowest BCUT2D eigenvalue weighted by molar-refractivity contribution is -0.135. The van der Waals surface area contributed by atoms with Gasteiger partial charge in [0, 0.05) is 17.5 Å². The first-order valence-corrected chi connectivity index (χ1v) is 8.04. The zero-order valence-electron chi connectivity index (χ0n) is 12.3. The van der Waals surface area contributed by atoms with Crippen molar-refractivity contribution in [3.8, 4) is 0 Å². The molecule has 1 atom stereocenters. The van der Waals surface area contributed by atoms with Crippen LogP contribution in [0.4, 0.5) is 13.2 Å². The van der Waals surface area contributed by atoms with Gasteiger partial charge in [-0.2, -0.15) is 13.2 Å². The molecule has 1 aromatic rings. The van der Waals surface area contributed by atoms with E-state index >= 15 is 0 Å². The molecule has 1 aliphatic heterocycles. The van der Waals surface area contributed by atoms with Gasteiger partial charge in [0.25, 0.3) is 0 Å². The van der Waals surface area contributed by atoms with E-state index in [9.17, 15) is 18.3 Å². The number of halogens is 3. The Morgan fingerprint density at radius 2 is 1.95 bits per heavy atom. The van der Waals surface area contributed by atoms with Crippen molar-refractivity contribution in [2.75, 3.05) is 32.1 Å².